The van der Waals surface area contributed by atoms with Crippen LogP contribution in [0.15, 0.2) is 29.1 Å². The first-order valence-electron chi connectivity index (χ1n) is 7.07. The number of hydrogen-bond acceptors (Lipinski definition) is 2. The SMILES string of the molecule is CCCc1nc(C2CCc3ccccc32)[nH]c(=O)c1I. The number of aryl methyl sites for hydroxylation is 2. The predicted molar refractivity (Wildman–Crippen MR) is 88.2 cm³/mol. The quantitative estimate of drug-likeness (QED) is 0.830. The van der Waals surface area contributed by atoms with Crippen molar-refractivity contribution < 1.29 is 0 Å². The molecule has 1 aliphatic carbocycles. The summed E-state index contributed by atoms with van der Waals surface area (Å²) in [4.78, 5) is 19.8. The van der Waals surface area contributed by atoms with Crippen molar-refractivity contribution in [3.05, 3.63) is 60.8 Å². The van der Waals surface area contributed by atoms with E-state index >= 15 is 0 Å². The van der Waals surface area contributed by atoms with Crippen LogP contribution in [0, 0.1) is 3.57 Å². The van der Waals surface area contributed by atoms with Crippen molar-refractivity contribution in [3.8, 4) is 0 Å². The first kappa shape index (κ1) is 13.8. The normalized spacial score (nSPS) is 17.2. The smallest absolute Gasteiger partial charge is 0.264 e. The molecule has 4 heteroatoms. The number of nitrogens with zero attached hydrogens (tertiary/aromatic N) is 1. The van der Waals surface area contributed by atoms with Gasteiger partial charge in [-0.2, -0.15) is 0 Å². The summed E-state index contributed by atoms with van der Waals surface area (Å²) in [5, 5.41) is 0. The Bertz CT molecular complexity index is 693. The van der Waals surface area contributed by atoms with E-state index in [4.69, 9.17) is 4.98 Å². The van der Waals surface area contributed by atoms with E-state index in [9.17, 15) is 4.79 Å². The summed E-state index contributed by atoms with van der Waals surface area (Å²) in [6.07, 6.45) is 3.98. The van der Waals surface area contributed by atoms with Crippen molar-refractivity contribution in [1.82, 2.24) is 9.97 Å². The molecule has 3 nitrogen and oxygen atoms in total. The Morgan fingerprint density at radius 2 is 2.20 bits per heavy atom. The van der Waals surface area contributed by atoms with Gasteiger partial charge in [0.05, 0.1) is 9.26 Å². The van der Waals surface area contributed by atoms with Gasteiger partial charge in [0.2, 0.25) is 0 Å². The topological polar surface area (TPSA) is 45.8 Å². The number of hydrogen-bond donors (Lipinski definition) is 1. The standard InChI is InChI=1S/C16H17IN2O/c1-2-5-13-14(17)16(20)19-15(18-13)12-9-8-10-6-3-4-7-11(10)12/h3-4,6-7,12H,2,5,8-9H2,1H3,(H,18,19,20). The van der Waals surface area contributed by atoms with Crippen LogP contribution in [0.25, 0.3) is 0 Å². The summed E-state index contributed by atoms with van der Waals surface area (Å²) in [5.74, 6) is 1.08. The number of rotatable bonds is 3. The number of aromatic nitrogens is 2. The Morgan fingerprint density at radius 1 is 1.40 bits per heavy atom. The molecule has 1 aromatic heterocycles. The van der Waals surface area contributed by atoms with E-state index in [1.54, 1.807) is 0 Å². The highest BCUT2D eigenvalue weighted by molar-refractivity contribution is 14.1. The minimum atomic E-state index is 0.00318. The van der Waals surface area contributed by atoms with Gasteiger partial charge in [-0.1, -0.05) is 37.6 Å². The summed E-state index contributed by atoms with van der Waals surface area (Å²) in [6, 6.07) is 8.47. The lowest BCUT2D eigenvalue weighted by Crippen LogP contribution is -2.20. The van der Waals surface area contributed by atoms with Crippen LogP contribution in [0.2, 0.25) is 0 Å². The van der Waals surface area contributed by atoms with Gasteiger partial charge in [0.1, 0.15) is 5.82 Å². The fourth-order valence-corrected chi connectivity index (χ4v) is 3.46. The van der Waals surface area contributed by atoms with Crippen LogP contribution in [-0.4, -0.2) is 9.97 Å². The second-order valence-corrected chi connectivity index (χ2v) is 6.33. The van der Waals surface area contributed by atoms with E-state index in [2.05, 4.69) is 58.8 Å². The van der Waals surface area contributed by atoms with Gasteiger partial charge in [-0.15, -0.1) is 0 Å². The average Bonchev–Trinajstić information content (AvgIpc) is 2.88. The van der Waals surface area contributed by atoms with Gasteiger partial charge in [0.25, 0.3) is 5.56 Å². The minimum Gasteiger partial charge on any atom is -0.309 e. The molecule has 0 bridgehead atoms. The molecule has 0 saturated heterocycles. The Kier molecular flexibility index (Phi) is 3.92. The molecule has 1 aliphatic rings. The molecule has 1 aromatic carbocycles. The summed E-state index contributed by atoms with van der Waals surface area (Å²) in [7, 11) is 0. The van der Waals surface area contributed by atoms with Crippen LogP contribution in [0.3, 0.4) is 0 Å². The maximum absolute atomic E-state index is 12.1. The third-order valence-electron chi connectivity index (χ3n) is 3.90. The van der Waals surface area contributed by atoms with Crippen molar-refractivity contribution in [3.63, 3.8) is 0 Å². The average molecular weight is 380 g/mol. The number of aromatic amines is 1. The highest BCUT2D eigenvalue weighted by atomic mass is 127. The minimum absolute atomic E-state index is 0.00318. The maximum atomic E-state index is 12.1. The van der Waals surface area contributed by atoms with Crippen LogP contribution in [0.5, 0.6) is 0 Å². The van der Waals surface area contributed by atoms with E-state index in [0.717, 1.165) is 40.8 Å². The Hall–Kier alpha value is -1.17. The van der Waals surface area contributed by atoms with Gasteiger partial charge in [0.15, 0.2) is 0 Å². The molecule has 3 rings (SSSR count). The van der Waals surface area contributed by atoms with Gasteiger partial charge >= 0.3 is 0 Å². The van der Waals surface area contributed by atoms with Crippen molar-refractivity contribution in [2.75, 3.05) is 0 Å². The zero-order valence-electron chi connectivity index (χ0n) is 11.4. The fraction of sp³-hybridized carbons (Fsp3) is 0.375. The monoisotopic (exact) mass is 380 g/mol. The summed E-state index contributed by atoms with van der Waals surface area (Å²) in [5.41, 5.74) is 3.65. The van der Waals surface area contributed by atoms with Crippen LogP contribution in [-0.2, 0) is 12.8 Å². The molecular formula is C16H17IN2O. The second-order valence-electron chi connectivity index (χ2n) is 5.25. The van der Waals surface area contributed by atoms with Crippen molar-refractivity contribution in [2.45, 2.75) is 38.5 Å². The molecule has 0 amide bonds. The zero-order valence-corrected chi connectivity index (χ0v) is 13.6. The molecule has 0 radical (unpaired) electrons. The maximum Gasteiger partial charge on any atom is 0.264 e. The molecule has 1 N–H and O–H groups in total. The predicted octanol–water partition coefficient (Wildman–Crippen LogP) is 3.41. The molecular weight excluding hydrogens is 363 g/mol. The Balaban J connectivity index is 2.06. The van der Waals surface area contributed by atoms with E-state index < -0.39 is 0 Å². The highest BCUT2D eigenvalue weighted by Crippen LogP contribution is 2.36. The summed E-state index contributed by atoms with van der Waals surface area (Å²) in [6.45, 7) is 2.11. The summed E-state index contributed by atoms with van der Waals surface area (Å²) < 4.78 is 0.736. The zero-order chi connectivity index (χ0) is 14.1. The van der Waals surface area contributed by atoms with E-state index in [1.807, 2.05) is 0 Å². The first-order valence-corrected chi connectivity index (χ1v) is 8.15. The molecule has 1 unspecified atom stereocenters. The molecule has 2 aromatic rings. The second kappa shape index (κ2) is 5.68. The van der Waals surface area contributed by atoms with Gasteiger partial charge < -0.3 is 4.98 Å². The van der Waals surface area contributed by atoms with Crippen LogP contribution < -0.4 is 5.56 Å². The molecule has 0 spiro atoms. The number of benzene rings is 1. The van der Waals surface area contributed by atoms with E-state index in [1.165, 1.54) is 11.1 Å². The van der Waals surface area contributed by atoms with Crippen LogP contribution >= 0.6 is 22.6 Å². The van der Waals surface area contributed by atoms with Gasteiger partial charge in [-0.05, 0) is 53.0 Å². The lowest BCUT2D eigenvalue weighted by Gasteiger charge is -2.13. The third kappa shape index (κ3) is 2.41. The lowest BCUT2D eigenvalue weighted by molar-refractivity contribution is 0.704. The van der Waals surface area contributed by atoms with E-state index in [-0.39, 0.29) is 11.5 Å². The fourth-order valence-electron chi connectivity index (χ4n) is 2.93. The Morgan fingerprint density at radius 3 is 3.00 bits per heavy atom. The summed E-state index contributed by atoms with van der Waals surface area (Å²) >= 11 is 2.10. The highest BCUT2D eigenvalue weighted by Gasteiger charge is 2.26. The van der Waals surface area contributed by atoms with Crippen LogP contribution in [0.1, 0.15) is 48.3 Å². The van der Waals surface area contributed by atoms with Gasteiger partial charge in [0, 0.05) is 5.92 Å². The van der Waals surface area contributed by atoms with Gasteiger partial charge in [-0.3, -0.25) is 4.79 Å². The Labute approximate surface area is 132 Å². The van der Waals surface area contributed by atoms with Gasteiger partial charge in [-0.25, -0.2) is 4.98 Å². The molecule has 20 heavy (non-hydrogen) atoms. The number of nitrogens with one attached hydrogen (secondary N) is 1. The van der Waals surface area contributed by atoms with Crippen molar-refractivity contribution in [1.29, 1.82) is 0 Å². The van der Waals surface area contributed by atoms with Crippen LogP contribution in [0.4, 0.5) is 0 Å². The number of fused-ring (bicyclic) bond motifs is 1. The molecule has 0 fully saturated rings. The first-order chi connectivity index (χ1) is 9.70. The molecule has 104 valence electrons. The largest absolute Gasteiger partial charge is 0.309 e. The molecule has 1 heterocycles. The van der Waals surface area contributed by atoms with Crippen molar-refractivity contribution >= 4 is 22.6 Å². The number of H-pyrrole nitrogens is 1. The lowest BCUT2D eigenvalue weighted by atomic mass is 10.0. The van der Waals surface area contributed by atoms with Crippen molar-refractivity contribution in [2.24, 2.45) is 0 Å². The third-order valence-corrected chi connectivity index (χ3v) is 5.01. The number of halogens is 1. The molecule has 1 atom stereocenters. The van der Waals surface area contributed by atoms with E-state index in [0.29, 0.717) is 0 Å². The molecule has 0 saturated carbocycles. The molecule has 0 aliphatic heterocycles.